The zero-order valence-corrected chi connectivity index (χ0v) is 11.1. The molecule has 5 heteroatoms. The molecule has 3 nitrogen and oxygen atoms in total. The summed E-state index contributed by atoms with van der Waals surface area (Å²) >= 11 is 0. The van der Waals surface area contributed by atoms with Gasteiger partial charge in [-0.05, 0) is 31.4 Å². The van der Waals surface area contributed by atoms with Crippen LogP contribution in [0.15, 0.2) is 17.1 Å². The maximum atomic E-state index is 13.6. The summed E-state index contributed by atoms with van der Waals surface area (Å²) in [5.41, 5.74) is 0.472. The van der Waals surface area contributed by atoms with Crippen molar-refractivity contribution in [3.63, 3.8) is 0 Å². The lowest BCUT2D eigenvalue weighted by atomic mass is 9.93. The number of isocyanates is 1. The number of rotatable bonds is 4. The lowest BCUT2D eigenvalue weighted by Crippen LogP contribution is -2.15. The Labute approximate surface area is 110 Å². The highest BCUT2D eigenvalue weighted by atomic mass is 19.3. The zero-order chi connectivity index (χ0) is 14.3. The fourth-order valence-electron chi connectivity index (χ4n) is 2.44. The van der Waals surface area contributed by atoms with Crippen molar-refractivity contribution in [2.24, 2.45) is 4.99 Å². The van der Waals surface area contributed by atoms with Crippen LogP contribution in [0.3, 0.4) is 0 Å². The molecule has 19 heavy (non-hydrogen) atoms. The Balaban J connectivity index is 2.70. The molecule has 0 amide bonds. The van der Waals surface area contributed by atoms with Crippen molar-refractivity contribution in [3.05, 3.63) is 28.8 Å². The molecule has 0 saturated heterocycles. The van der Waals surface area contributed by atoms with Crippen LogP contribution in [0, 0.1) is 6.92 Å². The van der Waals surface area contributed by atoms with Gasteiger partial charge >= 0.3 is 0 Å². The number of nitrogens with zero attached hydrogens (tertiary/aromatic N) is 1. The Bertz CT molecular complexity index is 553. The summed E-state index contributed by atoms with van der Waals surface area (Å²) < 4.78 is 32.4. The lowest BCUT2D eigenvalue weighted by molar-refractivity contribution is 0.0149. The summed E-state index contributed by atoms with van der Waals surface area (Å²) in [7, 11) is 1.36. The molecular weight excluding hydrogens is 252 g/mol. The van der Waals surface area contributed by atoms with E-state index in [1.165, 1.54) is 19.3 Å². The van der Waals surface area contributed by atoms with Crippen LogP contribution in [0.1, 0.15) is 36.5 Å². The maximum absolute atomic E-state index is 13.6. The largest absolute Gasteiger partial charge is 0.496 e. The van der Waals surface area contributed by atoms with Crippen molar-refractivity contribution >= 4 is 6.08 Å². The Kier molecular flexibility index (Phi) is 3.19. The van der Waals surface area contributed by atoms with E-state index in [0.29, 0.717) is 18.4 Å². The number of carbonyl (C=O) groups excluding carboxylic acids is 1. The van der Waals surface area contributed by atoms with Crippen molar-refractivity contribution in [1.29, 1.82) is 0 Å². The van der Waals surface area contributed by atoms with Gasteiger partial charge in [-0.25, -0.2) is 13.6 Å². The predicted molar refractivity (Wildman–Crippen MR) is 66.3 cm³/mol. The molecular formula is C14H15F2NO2. The highest BCUT2D eigenvalue weighted by Gasteiger charge is 2.49. The molecule has 0 atom stereocenters. The Hall–Kier alpha value is -1.74. The first-order valence-electron chi connectivity index (χ1n) is 6.01. The third-order valence-corrected chi connectivity index (χ3v) is 3.49. The van der Waals surface area contributed by atoms with Gasteiger partial charge in [-0.2, -0.15) is 4.99 Å². The number of hydrogen-bond donors (Lipinski definition) is 0. The van der Waals surface area contributed by atoms with Gasteiger partial charge in [0.15, 0.2) is 0 Å². The summed E-state index contributed by atoms with van der Waals surface area (Å²) in [6.45, 7) is 2.63. The number of benzene rings is 1. The molecule has 0 unspecified atom stereocenters. The average molecular weight is 267 g/mol. The summed E-state index contributed by atoms with van der Waals surface area (Å²) in [5.74, 6) is -2.88. The second-order valence-electron chi connectivity index (χ2n) is 4.96. The second-order valence-corrected chi connectivity index (χ2v) is 4.96. The van der Waals surface area contributed by atoms with Gasteiger partial charge in [0.05, 0.1) is 12.7 Å². The maximum Gasteiger partial charge on any atom is 0.274 e. The highest BCUT2D eigenvalue weighted by Crippen LogP contribution is 2.55. The molecule has 1 aromatic rings. The first-order valence-corrected chi connectivity index (χ1v) is 6.01. The van der Waals surface area contributed by atoms with Crippen LogP contribution < -0.4 is 4.74 Å². The van der Waals surface area contributed by atoms with Crippen molar-refractivity contribution in [2.75, 3.05) is 7.11 Å². The molecule has 2 rings (SSSR count). The molecule has 1 aliphatic carbocycles. The standard InChI is InChI=1S/C14H15F2NO2/c1-9-4-5-10(13(2,15)16)12(19-3)11(9)14(6-7-14)17-8-18/h4-5H,6-7H2,1-3H3. The molecule has 0 N–H and O–H groups in total. The third-order valence-electron chi connectivity index (χ3n) is 3.49. The minimum absolute atomic E-state index is 0.129. The lowest BCUT2D eigenvalue weighted by Gasteiger charge is -2.22. The van der Waals surface area contributed by atoms with E-state index in [1.54, 1.807) is 13.0 Å². The molecule has 1 aromatic carbocycles. The first kappa shape index (κ1) is 13.7. The van der Waals surface area contributed by atoms with Crippen LogP contribution in [0.25, 0.3) is 0 Å². The van der Waals surface area contributed by atoms with E-state index in [4.69, 9.17) is 4.74 Å². The van der Waals surface area contributed by atoms with E-state index < -0.39 is 11.5 Å². The minimum atomic E-state index is -3.01. The molecule has 1 fully saturated rings. The van der Waals surface area contributed by atoms with Crippen molar-refractivity contribution in [3.8, 4) is 5.75 Å². The van der Waals surface area contributed by atoms with E-state index >= 15 is 0 Å². The summed E-state index contributed by atoms with van der Waals surface area (Å²) in [6.07, 6.45) is 2.84. The van der Waals surface area contributed by atoms with Crippen LogP contribution >= 0.6 is 0 Å². The quantitative estimate of drug-likeness (QED) is 0.619. The van der Waals surface area contributed by atoms with Crippen molar-refractivity contribution in [1.82, 2.24) is 0 Å². The van der Waals surface area contributed by atoms with E-state index in [-0.39, 0.29) is 11.3 Å². The number of alkyl halides is 2. The van der Waals surface area contributed by atoms with Crippen LogP contribution in [-0.4, -0.2) is 13.2 Å². The smallest absolute Gasteiger partial charge is 0.274 e. The topological polar surface area (TPSA) is 38.7 Å². The van der Waals surface area contributed by atoms with E-state index in [2.05, 4.69) is 4.99 Å². The molecule has 0 bridgehead atoms. The molecule has 1 aliphatic rings. The number of halogens is 2. The van der Waals surface area contributed by atoms with Crippen molar-refractivity contribution < 1.29 is 18.3 Å². The van der Waals surface area contributed by atoms with Gasteiger partial charge in [0.25, 0.3) is 5.92 Å². The van der Waals surface area contributed by atoms with Gasteiger partial charge in [-0.3, -0.25) is 0 Å². The van der Waals surface area contributed by atoms with E-state index in [1.807, 2.05) is 0 Å². The molecule has 0 spiro atoms. The summed E-state index contributed by atoms with van der Waals surface area (Å²) in [6, 6.07) is 2.98. The SMILES string of the molecule is COc1c(C(C)(F)F)ccc(C)c1C1(N=C=O)CC1. The second kappa shape index (κ2) is 4.42. The average Bonchev–Trinajstić information content (AvgIpc) is 3.07. The van der Waals surface area contributed by atoms with Gasteiger partial charge in [0.2, 0.25) is 6.08 Å². The number of methoxy groups -OCH3 is 1. The Morgan fingerprint density at radius 3 is 2.47 bits per heavy atom. The minimum Gasteiger partial charge on any atom is -0.496 e. The number of aryl methyl sites for hydroxylation is 1. The summed E-state index contributed by atoms with van der Waals surface area (Å²) in [4.78, 5) is 14.3. The molecule has 0 heterocycles. The zero-order valence-electron chi connectivity index (χ0n) is 11.1. The monoisotopic (exact) mass is 267 g/mol. The number of ether oxygens (including phenoxy) is 1. The molecule has 0 radical (unpaired) electrons. The third kappa shape index (κ3) is 2.26. The number of hydrogen-bond acceptors (Lipinski definition) is 3. The molecule has 102 valence electrons. The van der Waals surface area contributed by atoms with Crippen LogP contribution in [0.4, 0.5) is 8.78 Å². The van der Waals surface area contributed by atoms with Crippen molar-refractivity contribution in [2.45, 2.75) is 38.2 Å². The van der Waals surface area contributed by atoms with Crippen LogP contribution in [-0.2, 0) is 16.3 Å². The molecule has 0 aliphatic heterocycles. The van der Waals surface area contributed by atoms with Gasteiger partial charge in [0.1, 0.15) is 11.3 Å². The predicted octanol–water partition coefficient (Wildman–Crippen LogP) is 3.44. The fourth-order valence-corrected chi connectivity index (χ4v) is 2.44. The number of aliphatic imine (C=N–C) groups is 1. The van der Waals surface area contributed by atoms with E-state index in [0.717, 1.165) is 12.5 Å². The van der Waals surface area contributed by atoms with Crippen LogP contribution in [0.5, 0.6) is 5.75 Å². The van der Waals surface area contributed by atoms with Gasteiger partial charge < -0.3 is 4.74 Å². The van der Waals surface area contributed by atoms with E-state index in [9.17, 15) is 13.6 Å². The fraction of sp³-hybridized carbons (Fsp3) is 0.500. The highest BCUT2D eigenvalue weighted by molar-refractivity contribution is 5.55. The van der Waals surface area contributed by atoms with Gasteiger partial charge in [-0.1, -0.05) is 6.07 Å². The van der Waals surface area contributed by atoms with Crippen LogP contribution in [0.2, 0.25) is 0 Å². The first-order chi connectivity index (χ1) is 8.85. The normalized spacial score (nSPS) is 16.7. The molecule has 0 aromatic heterocycles. The van der Waals surface area contributed by atoms with Gasteiger partial charge in [-0.15, -0.1) is 0 Å². The summed E-state index contributed by atoms with van der Waals surface area (Å²) in [5, 5.41) is 0. The molecule has 1 saturated carbocycles. The van der Waals surface area contributed by atoms with Gasteiger partial charge in [0, 0.05) is 12.5 Å². The Morgan fingerprint density at radius 1 is 1.42 bits per heavy atom. The Morgan fingerprint density at radius 2 is 2.05 bits per heavy atom.